The number of rotatable bonds is 2. The summed E-state index contributed by atoms with van der Waals surface area (Å²) in [4.78, 5) is 2.66. The second kappa shape index (κ2) is 5.34. The predicted molar refractivity (Wildman–Crippen MR) is 89.1 cm³/mol. The van der Waals surface area contributed by atoms with Gasteiger partial charge in [0.1, 0.15) is 11.0 Å². The highest BCUT2D eigenvalue weighted by atomic mass is 32.2. The number of benzene rings is 1. The molecule has 0 saturated carbocycles. The second-order valence-corrected chi connectivity index (χ2v) is 7.82. The van der Waals surface area contributed by atoms with Crippen LogP contribution in [0.25, 0.3) is 11.0 Å². The maximum absolute atomic E-state index is 4.17. The fourth-order valence-corrected chi connectivity index (χ4v) is 3.51. The van der Waals surface area contributed by atoms with Gasteiger partial charge in [0.05, 0.1) is 0 Å². The third kappa shape index (κ3) is 3.05. The quantitative estimate of drug-likeness (QED) is 0.853. The van der Waals surface area contributed by atoms with Crippen molar-refractivity contribution < 1.29 is 0 Å². The summed E-state index contributed by atoms with van der Waals surface area (Å²) in [5.74, 6) is 0.578. The molecule has 3 rings (SSSR count). The molecule has 2 aromatic rings. The number of nitrogens with one attached hydrogen (secondary N) is 1. The summed E-state index contributed by atoms with van der Waals surface area (Å²) >= 11 is 1.85. The molecule has 1 aliphatic carbocycles. The van der Waals surface area contributed by atoms with Crippen molar-refractivity contribution >= 4 is 22.8 Å². The lowest BCUT2D eigenvalue weighted by Crippen LogP contribution is -2.12. The van der Waals surface area contributed by atoms with Gasteiger partial charge >= 0.3 is 0 Å². The molecule has 0 fully saturated rings. The molecule has 21 heavy (non-hydrogen) atoms. The number of aromatic nitrogens is 3. The SMILES string of the molecule is CC1CC=C(C(C)(C)C)C=C1Sc1ccc2n[nH]nc2c1. The molecule has 1 aromatic heterocycles. The molecule has 0 aliphatic heterocycles. The van der Waals surface area contributed by atoms with Gasteiger partial charge in [0.25, 0.3) is 0 Å². The zero-order valence-electron chi connectivity index (χ0n) is 13.0. The number of hydrogen-bond acceptors (Lipinski definition) is 3. The Labute approximate surface area is 129 Å². The lowest BCUT2D eigenvalue weighted by Gasteiger charge is -2.27. The molecule has 1 atom stereocenters. The summed E-state index contributed by atoms with van der Waals surface area (Å²) in [6, 6.07) is 6.25. The van der Waals surface area contributed by atoms with Crippen LogP contribution in [0, 0.1) is 11.3 Å². The van der Waals surface area contributed by atoms with Crippen LogP contribution in [0.3, 0.4) is 0 Å². The predicted octanol–water partition coefficient (Wildman–Crippen LogP) is 4.95. The van der Waals surface area contributed by atoms with Gasteiger partial charge in [-0.1, -0.05) is 45.5 Å². The zero-order valence-corrected chi connectivity index (χ0v) is 13.8. The summed E-state index contributed by atoms with van der Waals surface area (Å²) in [6.45, 7) is 9.11. The van der Waals surface area contributed by atoms with Crippen LogP contribution in [0.1, 0.15) is 34.1 Å². The highest BCUT2D eigenvalue weighted by Crippen LogP contribution is 2.41. The Balaban J connectivity index is 1.88. The molecular weight excluding hydrogens is 278 g/mol. The molecule has 0 amide bonds. The van der Waals surface area contributed by atoms with E-state index in [0.717, 1.165) is 17.5 Å². The van der Waals surface area contributed by atoms with Gasteiger partial charge < -0.3 is 0 Å². The molecule has 0 bridgehead atoms. The van der Waals surface area contributed by atoms with Crippen molar-refractivity contribution in [3.8, 4) is 0 Å². The molecule has 0 saturated heterocycles. The molecule has 110 valence electrons. The van der Waals surface area contributed by atoms with Crippen LogP contribution in [0.4, 0.5) is 0 Å². The van der Waals surface area contributed by atoms with E-state index >= 15 is 0 Å². The van der Waals surface area contributed by atoms with E-state index in [-0.39, 0.29) is 5.41 Å². The van der Waals surface area contributed by atoms with E-state index in [9.17, 15) is 0 Å². The molecule has 1 N–H and O–H groups in total. The Bertz CT molecular complexity index is 719. The summed E-state index contributed by atoms with van der Waals surface area (Å²) < 4.78 is 0. The smallest absolute Gasteiger partial charge is 0.114 e. The second-order valence-electron chi connectivity index (χ2n) is 6.67. The van der Waals surface area contributed by atoms with Crippen molar-refractivity contribution in [1.82, 2.24) is 15.4 Å². The lowest BCUT2D eigenvalue weighted by atomic mass is 9.82. The summed E-state index contributed by atoms with van der Waals surface area (Å²) in [7, 11) is 0. The van der Waals surface area contributed by atoms with Crippen molar-refractivity contribution in [2.24, 2.45) is 11.3 Å². The molecule has 1 heterocycles. The Kier molecular flexibility index (Phi) is 3.66. The van der Waals surface area contributed by atoms with Crippen LogP contribution >= 0.6 is 11.8 Å². The van der Waals surface area contributed by atoms with Gasteiger partial charge in [0.15, 0.2) is 0 Å². The zero-order chi connectivity index (χ0) is 15.0. The number of aromatic amines is 1. The number of nitrogens with zero attached hydrogens (tertiary/aromatic N) is 2. The van der Waals surface area contributed by atoms with Crippen molar-refractivity contribution in [2.45, 2.75) is 39.0 Å². The van der Waals surface area contributed by atoms with E-state index in [4.69, 9.17) is 0 Å². The first-order valence-corrected chi connectivity index (χ1v) is 8.16. The maximum Gasteiger partial charge on any atom is 0.114 e. The Morgan fingerprint density at radius 1 is 1.19 bits per heavy atom. The first-order valence-electron chi connectivity index (χ1n) is 7.34. The minimum absolute atomic E-state index is 0.210. The van der Waals surface area contributed by atoms with Crippen molar-refractivity contribution in [2.75, 3.05) is 0 Å². The third-order valence-corrected chi connectivity index (χ3v) is 5.11. The monoisotopic (exact) mass is 299 g/mol. The van der Waals surface area contributed by atoms with E-state index in [0.29, 0.717) is 5.92 Å². The minimum Gasteiger partial charge on any atom is -0.197 e. The van der Waals surface area contributed by atoms with Crippen LogP contribution in [-0.2, 0) is 0 Å². The fraction of sp³-hybridized carbons (Fsp3) is 0.412. The van der Waals surface area contributed by atoms with Crippen LogP contribution in [-0.4, -0.2) is 15.4 Å². The average Bonchev–Trinajstić information content (AvgIpc) is 2.87. The third-order valence-electron chi connectivity index (χ3n) is 3.86. The minimum atomic E-state index is 0.210. The van der Waals surface area contributed by atoms with Crippen LogP contribution < -0.4 is 0 Å². The Morgan fingerprint density at radius 2 is 1.95 bits per heavy atom. The molecular formula is C17H21N3S. The van der Waals surface area contributed by atoms with Gasteiger partial charge in [-0.2, -0.15) is 15.4 Å². The summed E-state index contributed by atoms with van der Waals surface area (Å²) in [5, 5.41) is 10.9. The van der Waals surface area contributed by atoms with E-state index < -0.39 is 0 Å². The molecule has 1 aliphatic rings. The van der Waals surface area contributed by atoms with E-state index in [1.54, 1.807) is 0 Å². The van der Waals surface area contributed by atoms with Gasteiger partial charge in [0.2, 0.25) is 0 Å². The van der Waals surface area contributed by atoms with Gasteiger partial charge in [0, 0.05) is 4.90 Å². The highest BCUT2D eigenvalue weighted by molar-refractivity contribution is 8.03. The van der Waals surface area contributed by atoms with Crippen LogP contribution in [0.2, 0.25) is 0 Å². The fourth-order valence-electron chi connectivity index (χ4n) is 2.45. The van der Waals surface area contributed by atoms with E-state index in [1.807, 2.05) is 17.8 Å². The normalized spacial score (nSPS) is 19.5. The molecule has 4 heteroatoms. The topological polar surface area (TPSA) is 41.6 Å². The molecule has 1 unspecified atom stereocenters. The molecule has 0 radical (unpaired) electrons. The Morgan fingerprint density at radius 3 is 2.71 bits per heavy atom. The Hall–Kier alpha value is -1.55. The summed E-state index contributed by atoms with van der Waals surface area (Å²) in [6.07, 6.45) is 5.87. The number of hydrogen-bond donors (Lipinski definition) is 1. The molecule has 0 spiro atoms. The number of fused-ring (bicyclic) bond motifs is 1. The van der Waals surface area contributed by atoms with Gasteiger partial charge in [-0.25, -0.2) is 0 Å². The van der Waals surface area contributed by atoms with Gasteiger partial charge in [-0.15, -0.1) is 0 Å². The lowest BCUT2D eigenvalue weighted by molar-refractivity contribution is 0.506. The van der Waals surface area contributed by atoms with Crippen molar-refractivity contribution in [3.63, 3.8) is 0 Å². The van der Waals surface area contributed by atoms with E-state index in [2.05, 4.69) is 67.4 Å². The van der Waals surface area contributed by atoms with Crippen molar-refractivity contribution in [1.29, 1.82) is 0 Å². The average molecular weight is 299 g/mol. The molecule has 1 aromatic carbocycles. The number of H-pyrrole nitrogens is 1. The first-order chi connectivity index (χ1) is 9.93. The summed E-state index contributed by atoms with van der Waals surface area (Å²) in [5.41, 5.74) is 3.49. The number of thioether (sulfide) groups is 1. The number of allylic oxidation sites excluding steroid dienone is 4. The van der Waals surface area contributed by atoms with E-state index in [1.165, 1.54) is 15.4 Å². The molecule has 3 nitrogen and oxygen atoms in total. The van der Waals surface area contributed by atoms with Gasteiger partial charge in [-0.3, -0.25) is 0 Å². The highest BCUT2D eigenvalue weighted by Gasteiger charge is 2.22. The van der Waals surface area contributed by atoms with Crippen LogP contribution in [0.5, 0.6) is 0 Å². The largest absolute Gasteiger partial charge is 0.197 e. The standard InChI is InChI=1S/C17H21N3S/c1-11-5-6-12(17(2,3)4)9-16(11)21-13-7-8-14-15(10-13)19-20-18-14/h6-11H,5H2,1-4H3,(H,18,19,20). The van der Waals surface area contributed by atoms with Crippen LogP contribution in [0.15, 0.2) is 45.7 Å². The van der Waals surface area contributed by atoms with Crippen molar-refractivity contribution in [3.05, 3.63) is 40.8 Å². The first kappa shape index (κ1) is 14.4. The van der Waals surface area contributed by atoms with Gasteiger partial charge in [-0.05, 0) is 52.5 Å². The maximum atomic E-state index is 4.17.